The molecule has 4 heteroatoms. The highest BCUT2D eigenvalue weighted by atomic mass is 32.1. The topological polar surface area (TPSA) is 33.5 Å². The number of hydrogen-bond donors (Lipinski definition) is 0. The highest BCUT2D eigenvalue weighted by Gasteiger charge is 2.33. The molecular formula is C13H13NO2S. The van der Waals surface area contributed by atoms with Gasteiger partial charge < -0.3 is 9.32 Å². The molecule has 1 saturated carbocycles. The van der Waals surface area contributed by atoms with Crippen LogP contribution in [-0.4, -0.2) is 16.8 Å². The second-order valence-corrected chi connectivity index (χ2v) is 5.04. The van der Waals surface area contributed by atoms with Crippen molar-refractivity contribution in [3.05, 3.63) is 46.5 Å². The average molecular weight is 247 g/mol. The van der Waals surface area contributed by atoms with E-state index in [-0.39, 0.29) is 5.91 Å². The highest BCUT2D eigenvalue weighted by Crippen LogP contribution is 2.30. The van der Waals surface area contributed by atoms with E-state index in [0.29, 0.717) is 12.6 Å². The van der Waals surface area contributed by atoms with Crippen LogP contribution in [-0.2, 0) is 6.54 Å². The smallest absolute Gasteiger partial charge is 0.255 e. The molecule has 0 bridgehead atoms. The lowest BCUT2D eigenvalue weighted by Crippen LogP contribution is -2.32. The Bertz CT molecular complexity index is 485. The van der Waals surface area contributed by atoms with Crippen LogP contribution in [0.15, 0.2) is 39.6 Å². The molecule has 2 heterocycles. The lowest BCUT2D eigenvalue weighted by atomic mass is 10.2. The summed E-state index contributed by atoms with van der Waals surface area (Å²) in [7, 11) is 0. The molecule has 1 fully saturated rings. The molecular weight excluding hydrogens is 234 g/mol. The maximum Gasteiger partial charge on any atom is 0.255 e. The van der Waals surface area contributed by atoms with E-state index in [4.69, 9.17) is 4.42 Å². The van der Waals surface area contributed by atoms with Gasteiger partial charge in [0.1, 0.15) is 5.76 Å². The monoisotopic (exact) mass is 247 g/mol. The van der Waals surface area contributed by atoms with Crippen molar-refractivity contribution in [2.24, 2.45) is 0 Å². The third-order valence-electron chi connectivity index (χ3n) is 2.92. The fraction of sp³-hybridized carbons (Fsp3) is 0.308. The molecule has 2 aromatic rings. The zero-order valence-corrected chi connectivity index (χ0v) is 10.2. The molecule has 0 saturated heterocycles. The number of nitrogens with zero attached hydrogens (tertiary/aromatic N) is 1. The van der Waals surface area contributed by atoms with Gasteiger partial charge in [0.05, 0.1) is 18.4 Å². The van der Waals surface area contributed by atoms with E-state index in [0.717, 1.165) is 24.2 Å². The first-order valence-corrected chi connectivity index (χ1v) is 6.64. The SMILES string of the molecule is O=C(c1ccsc1)N(Cc1ccco1)C1CC1. The number of carbonyl (C=O) groups is 1. The predicted molar refractivity (Wildman–Crippen MR) is 65.9 cm³/mol. The Morgan fingerprint density at radius 2 is 2.35 bits per heavy atom. The van der Waals surface area contributed by atoms with Gasteiger partial charge >= 0.3 is 0 Å². The molecule has 0 radical (unpaired) electrons. The summed E-state index contributed by atoms with van der Waals surface area (Å²) in [4.78, 5) is 14.2. The van der Waals surface area contributed by atoms with Crippen molar-refractivity contribution in [1.82, 2.24) is 4.90 Å². The van der Waals surface area contributed by atoms with Gasteiger partial charge in [0.2, 0.25) is 0 Å². The Kier molecular flexibility index (Phi) is 2.73. The van der Waals surface area contributed by atoms with Crippen molar-refractivity contribution in [1.29, 1.82) is 0 Å². The summed E-state index contributed by atoms with van der Waals surface area (Å²) in [5.74, 6) is 0.964. The molecule has 0 aromatic carbocycles. The van der Waals surface area contributed by atoms with E-state index in [9.17, 15) is 4.79 Å². The van der Waals surface area contributed by atoms with Gasteiger partial charge in [0, 0.05) is 11.4 Å². The normalized spacial score (nSPS) is 14.8. The molecule has 3 nitrogen and oxygen atoms in total. The molecule has 0 aliphatic heterocycles. The maximum absolute atomic E-state index is 12.3. The molecule has 0 spiro atoms. The van der Waals surface area contributed by atoms with Crippen LogP contribution < -0.4 is 0 Å². The molecule has 3 rings (SSSR count). The summed E-state index contributed by atoms with van der Waals surface area (Å²) < 4.78 is 5.32. The van der Waals surface area contributed by atoms with Crippen molar-refractivity contribution < 1.29 is 9.21 Å². The Labute approximate surface area is 104 Å². The number of furan rings is 1. The molecule has 1 aliphatic rings. The summed E-state index contributed by atoms with van der Waals surface area (Å²) in [6.07, 6.45) is 3.86. The van der Waals surface area contributed by atoms with E-state index in [1.807, 2.05) is 33.9 Å². The van der Waals surface area contributed by atoms with Gasteiger partial charge in [-0.3, -0.25) is 4.79 Å². The average Bonchev–Trinajstić information content (AvgIpc) is 2.86. The van der Waals surface area contributed by atoms with E-state index in [1.54, 1.807) is 17.6 Å². The minimum absolute atomic E-state index is 0.116. The van der Waals surface area contributed by atoms with Gasteiger partial charge in [-0.1, -0.05) is 0 Å². The summed E-state index contributed by atoms with van der Waals surface area (Å²) >= 11 is 1.55. The third kappa shape index (κ3) is 2.26. The van der Waals surface area contributed by atoms with Gasteiger partial charge in [-0.15, -0.1) is 0 Å². The second kappa shape index (κ2) is 4.37. The van der Waals surface area contributed by atoms with Gasteiger partial charge in [-0.2, -0.15) is 11.3 Å². The Morgan fingerprint density at radius 1 is 1.47 bits per heavy atom. The van der Waals surface area contributed by atoms with Crippen molar-refractivity contribution in [2.45, 2.75) is 25.4 Å². The number of thiophene rings is 1. The Hall–Kier alpha value is -1.55. The zero-order chi connectivity index (χ0) is 11.7. The summed E-state index contributed by atoms with van der Waals surface area (Å²) in [5, 5.41) is 3.84. The summed E-state index contributed by atoms with van der Waals surface area (Å²) in [5.41, 5.74) is 0.786. The number of amides is 1. The fourth-order valence-electron chi connectivity index (χ4n) is 1.88. The molecule has 1 aliphatic carbocycles. The molecule has 1 amide bonds. The minimum Gasteiger partial charge on any atom is -0.467 e. The van der Waals surface area contributed by atoms with Crippen molar-refractivity contribution in [3.8, 4) is 0 Å². The van der Waals surface area contributed by atoms with Crippen LogP contribution in [0.1, 0.15) is 29.0 Å². The lowest BCUT2D eigenvalue weighted by molar-refractivity contribution is 0.0718. The quantitative estimate of drug-likeness (QED) is 0.831. The van der Waals surface area contributed by atoms with Crippen molar-refractivity contribution in [2.75, 3.05) is 0 Å². The molecule has 0 unspecified atom stereocenters. The maximum atomic E-state index is 12.3. The van der Waals surface area contributed by atoms with E-state index < -0.39 is 0 Å². The van der Waals surface area contributed by atoms with Crippen molar-refractivity contribution >= 4 is 17.2 Å². The predicted octanol–water partition coefficient (Wildman–Crippen LogP) is 3.15. The molecule has 0 atom stereocenters. The second-order valence-electron chi connectivity index (χ2n) is 4.26. The van der Waals surface area contributed by atoms with E-state index in [2.05, 4.69) is 0 Å². The van der Waals surface area contributed by atoms with E-state index in [1.165, 1.54) is 0 Å². The van der Waals surface area contributed by atoms with Crippen LogP contribution in [0.3, 0.4) is 0 Å². The first-order valence-electron chi connectivity index (χ1n) is 5.70. The first-order chi connectivity index (χ1) is 8.34. The van der Waals surface area contributed by atoms with Crippen LogP contribution in [0.5, 0.6) is 0 Å². The standard InChI is InChI=1S/C13H13NO2S/c15-13(10-5-7-17-9-10)14(11-3-4-11)8-12-2-1-6-16-12/h1-2,5-7,9,11H,3-4,8H2. The first kappa shape index (κ1) is 10.6. The van der Waals surface area contributed by atoms with Gasteiger partial charge in [-0.25, -0.2) is 0 Å². The van der Waals surface area contributed by atoms with E-state index >= 15 is 0 Å². The van der Waals surface area contributed by atoms with Crippen LogP contribution in [0, 0.1) is 0 Å². The summed E-state index contributed by atoms with van der Waals surface area (Å²) in [6, 6.07) is 6.04. The van der Waals surface area contributed by atoms with Gasteiger partial charge in [0.25, 0.3) is 5.91 Å². The van der Waals surface area contributed by atoms with Crippen LogP contribution in [0.25, 0.3) is 0 Å². The Balaban J connectivity index is 1.78. The molecule has 17 heavy (non-hydrogen) atoms. The van der Waals surface area contributed by atoms with Crippen LogP contribution >= 0.6 is 11.3 Å². The summed E-state index contributed by atoms with van der Waals surface area (Å²) in [6.45, 7) is 0.576. The van der Waals surface area contributed by atoms with Gasteiger partial charge in [-0.05, 0) is 36.4 Å². The number of rotatable bonds is 4. The Morgan fingerprint density at radius 3 is 2.94 bits per heavy atom. The number of hydrogen-bond acceptors (Lipinski definition) is 3. The lowest BCUT2D eigenvalue weighted by Gasteiger charge is -2.20. The van der Waals surface area contributed by atoms with Crippen LogP contribution in [0.4, 0.5) is 0 Å². The number of carbonyl (C=O) groups excluding carboxylic acids is 1. The highest BCUT2D eigenvalue weighted by molar-refractivity contribution is 7.08. The van der Waals surface area contributed by atoms with Gasteiger partial charge in [0.15, 0.2) is 0 Å². The molecule has 2 aromatic heterocycles. The third-order valence-corrected chi connectivity index (χ3v) is 3.61. The minimum atomic E-state index is 0.116. The largest absolute Gasteiger partial charge is 0.467 e. The van der Waals surface area contributed by atoms with Crippen LogP contribution in [0.2, 0.25) is 0 Å². The van der Waals surface area contributed by atoms with Crippen molar-refractivity contribution in [3.63, 3.8) is 0 Å². The zero-order valence-electron chi connectivity index (χ0n) is 9.33. The fourth-order valence-corrected chi connectivity index (χ4v) is 2.51. The molecule has 0 N–H and O–H groups in total. The molecule has 88 valence electrons.